The maximum absolute atomic E-state index is 13.7. The Morgan fingerprint density at radius 1 is 1.07 bits per heavy atom. The van der Waals surface area contributed by atoms with Crippen LogP contribution in [0.25, 0.3) is 0 Å². The number of hydrogen-bond acceptors (Lipinski definition) is 4. The molecule has 1 saturated heterocycles. The van der Waals surface area contributed by atoms with Gasteiger partial charge < -0.3 is 14.6 Å². The first-order valence-electron chi connectivity index (χ1n) is 8.39. The number of nitrogens with one attached hydrogen (secondary N) is 1. The molecule has 1 aromatic carbocycles. The Kier molecular flexibility index (Phi) is 5.50. The molecule has 1 aromatic heterocycles. The predicted octanol–water partition coefficient (Wildman–Crippen LogP) is 2.48. The van der Waals surface area contributed by atoms with E-state index in [4.69, 9.17) is 4.42 Å². The van der Waals surface area contributed by atoms with Crippen LogP contribution in [0.4, 0.5) is 18.9 Å². The second kappa shape index (κ2) is 7.83. The Morgan fingerprint density at radius 3 is 2.41 bits per heavy atom. The van der Waals surface area contributed by atoms with E-state index in [-0.39, 0.29) is 11.7 Å². The number of hydrogen-bond donors (Lipinski definition) is 1. The van der Waals surface area contributed by atoms with Gasteiger partial charge in [0.2, 0.25) is 5.91 Å². The van der Waals surface area contributed by atoms with Gasteiger partial charge in [0, 0.05) is 26.2 Å². The van der Waals surface area contributed by atoms with Crippen LogP contribution in [0.3, 0.4) is 0 Å². The highest BCUT2D eigenvalue weighted by Gasteiger charge is 2.29. The van der Waals surface area contributed by atoms with Gasteiger partial charge in [-0.05, 0) is 31.2 Å². The summed E-state index contributed by atoms with van der Waals surface area (Å²) in [6.45, 7) is 3.28. The average molecular weight is 381 g/mol. The van der Waals surface area contributed by atoms with Crippen LogP contribution in [-0.4, -0.2) is 53.8 Å². The fraction of sp³-hybridized carbons (Fsp3) is 0.333. The van der Waals surface area contributed by atoms with E-state index in [9.17, 15) is 22.8 Å². The van der Waals surface area contributed by atoms with E-state index in [2.05, 4.69) is 5.32 Å². The molecule has 1 N–H and O–H groups in total. The highest BCUT2D eigenvalue weighted by Crippen LogP contribution is 2.20. The fourth-order valence-electron chi connectivity index (χ4n) is 2.89. The van der Waals surface area contributed by atoms with Crippen molar-refractivity contribution in [3.8, 4) is 0 Å². The van der Waals surface area contributed by atoms with Crippen molar-refractivity contribution in [3.05, 3.63) is 53.7 Å². The summed E-state index contributed by atoms with van der Waals surface area (Å²) in [4.78, 5) is 28.0. The van der Waals surface area contributed by atoms with Gasteiger partial charge in [-0.2, -0.15) is 0 Å². The summed E-state index contributed by atoms with van der Waals surface area (Å²) in [6, 6.07) is 4.29. The summed E-state index contributed by atoms with van der Waals surface area (Å²) in [5.41, 5.74) is -0.419. The van der Waals surface area contributed by atoms with Crippen molar-refractivity contribution in [2.45, 2.75) is 13.0 Å². The topological polar surface area (TPSA) is 65.8 Å². The number of halogens is 3. The lowest BCUT2D eigenvalue weighted by Crippen LogP contribution is -2.54. The first-order chi connectivity index (χ1) is 12.9. The van der Waals surface area contributed by atoms with Crippen LogP contribution >= 0.6 is 0 Å². The Labute approximate surface area is 153 Å². The van der Waals surface area contributed by atoms with Crippen LogP contribution in [0.5, 0.6) is 0 Å². The molecule has 0 unspecified atom stereocenters. The van der Waals surface area contributed by atoms with Crippen LogP contribution in [0.2, 0.25) is 0 Å². The van der Waals surface area contributed by atoms with E-state index in [1.165, 1.54) is 6.26 Å². The highest BCUT2D eigenvalue weighted by molar-refractivity contribution is 5.95. The van der Waals surface area contributed by atoms with E-state index < -0.39 is 35.1 Å². The van der Waals surface area contributed by atoms with Crippen LogP contribution in [0.1, 0.15) is 17.5 Å². The smallest absolute Gasteiger partial charge is 0.289 e. The number of benzene rings is 1. The van der Waals surface area contributed by atoms with Crippen LogP contribution in [-0.2, 0) is 4.79 Å². The first-order valence-corrected chi connectivity index (χ1v) is 8.39. The van der Waals surface area contributed by atoms with Gasteiger partial charge in [0.1, 0.15) is 0 Å². The van der Waals surface area contributed by atoms with E-state index in [0.29, 0.717) is 26.2 Å². The molecule has 0 radical (unpaired) electrons. The summed E-state index contributed by atoms with van der Waals surface area (Å²) in [5.74, 6) is -4.92. The Morgan fingerprint density at radius 2 is 1.78 bits per heavy atom. The largest absolute Gasteiger partial charge is 0.459 e. The molecule has 2 amide bonds. The lowest BCUT2D eigenvalue weighted by molar-refractivity contribution is -0.121. The van der Waals surface area contributed by atoms with Gasteiger partial charge in [-0.25, -0.2) is 13.2 Å². The lowest BCUT2D eigenvalue weighted by atomic mass is 10.2. The molecule has 6 nitrogen and oxygen atoms in total. The minimum atomic E-state index is -1.63. The molecular weight excluding hydrogens is 363 g/mol. The zero-order valence-corrected chi connectivity index (χ0v) is 14.5. The second-order valence-corrected chi connectivity index (χ2v) is 6.19. The average Bonchev–Trinajstić information content (AvgIpc) is 3.22. The van der Waals surface area contributed by atoms with Crippen molar-refractivity contribution >= 4 is 17.5 Å². The monoisotopic (exact) mass is 381 g/mol. The molecule has 0 bridgehead atoms. The number of piperazine rings is 1. The molecule has 3 rings (SSSR count). The van der Waals surface area contributed by atoms with Crippen molar-refractivity contribution in [2.24, 2.45) is 0 Å². The van der Waals surface area contributed by atoms with Crippen LogP contribution < -0.4 is 5.32 Å². The molecule has 1 atom stereocenters. The standard InChI is InChI=1S/C18H18F3N3O3/c1-11(17(25)22-13-5-4-12(19)15(20)16(13)21)23-6-8-24(9-7-23)18(26)14-3-2-10-27-14/h2-5,10-11H,6-9H2,1H3,(H,22,25)/t11-/m1/s1. The molecule has 1 aliphatic heterocycles. The van der Waals surface area contributed by atoms with Crippen molar-refractivity contribution in [2.75, 3.05) is 31.5 Å². The quantitative estimate of drug-likeness (QED) is 0.827. The highest BCUT2D eigenvalue weighted by atomic mass is 19.2. The minimum absolute atomic E-state index is 0.222. The molecule has 9 heteroatoms. The maximum Gasteiger partial charge on any atom is 0.289 e. The summed E-state index contributed by atoms with van der Waals surface area (Å²) in [7, 11) is 0. The third-order valence-electron chi connectivity index (χ3n) is 4.55. The summed E-state index contributed by atoms with van der Waals surface area (Å²) in [6.07, 6.45) is 1.42. The predicted molar refractivity (Wildman–Crippen MR) is 90.6 cm³/mol. The third kappa shape index (κ3) is 3.97. The number of amides is 2. The van der Waals surface area contributed by atoms with E-state index in [0.717, 1.165) is 12.1 Å². The van der Waals surface area contributed by atoms with Crippen molar-refractivity contribution in [1.29, 1.82) is 0 Å². The van der Waals surface area contributed by atoms with Gasteiger partial charge >= 0.3 is 0 Å². The van der Waals surface area contributed by atoms with Crippen molar-refractivity contribution < 1.29 is 27.2 Å². The number of carbonyl (C=O) groups is 2. The third-order valence-corrected chi connectivity index (χ3v) is 4.55. The Balaban J connectivity index is 1.57. The Bertz CT molecular complexity index is 834. The number of anilines is 1. The van der Waals surface area contributed by atoms with Gasteiger partial charge in [-0.3, -0.25) is 14.5 Å². The normalized spacial score (nSPS) is 16.2. The zero-order chi connectivity index (χ0) is 19.6. The van der Waals surface area contributed by atoms with Crippen molar-refractivity contribution in [3.63, 3.8) is 0 Å². The van der Waals surface area contributed by atoms with Crippen LogP contribution in [0, 0.1) is 17.5 Å². The van der Waals surface area contributed by atoms with E-state index in [1.807, 2.05) is 4.90 Å². The van der Waals surface area contributed by atoms with Crippen molar-refractivity contribution in [1.82, 2.24) is 9.80 Å². The molecule has 27 heavy (non-hydrogen) atoms. The maximum atomic E-state index is 13.7. The molecule has 2 aromatic rings. The lowest BCUT2D eigenvalue weighted by Gasteiger charge is -2.37. The van der Waals surface area contributed by atoms with Gasteiger partial charge in [0.25, 0.3) is 5.91 Å². The number of rotatable bonds is 4. The molecule has 0 aliphatic carbocycles. The molecule has 1 fully saturated rings. The van der Waals surface area contributed by atoms with E-state index in [1.54, 1.807) is 24.0 Å². The summed E-state index contributed by atoms with van der Waals surface area (Å²) < 4.78 is 45.1. The van der Waals surface area contributed by atoms with E-state index >= 15 is 0 Å². The number of carbonyl (C=O) groups excluding carboxylic acids is 2. The second-order valence-electron chi connectivity index (χ2n) is 6.19. The molecule has 144 valence electrons. The fourth-order valence-corrected chi connectivity index (χ4v) is 2.89. The zero-order valence-electron chi connectivity index (χ0n) is 14.5. The van der Waals surface area contributed by atoms with Gasteiger partial charge in [-0.15, -0.1) is 0 Å². The molecule has 2 heterocycles. The van der Waals surface area contributed by atoms with Crippen LogP contribution in [0.15, 0.2) is 34.9 Å². The molecular formula is C18H18F3N3O3. The summed E-state index contributed by atoms with van der Waals surface area (Å²) in [5, 5.41) is 2.27. The SMILES string of the molecule is C[C@H](C(=O)Nc1ccc(F)c(F)c1F)N1CCN(C(=O)c2ccco2)CC1. The van der Waals surface area contributed by atoms with Gasteiger partial charge in [0.15, 0.2) is 23.2 Å². The Hall–Kier alpha value is -2.81. The minimum Gasteiger partial charge on any atom is -0.459 e. The molecule has 1 aliphatic rings. The number of nitrogens with zero attached hydrogens (tertiary/aromatic N) is 2. The van der Waals surface area contributed by atoms with Gasteiger partial charge in [0.05, 0.1) is 18.0 Å². The number of furan rings is 1. The molecule has 0 spiro atoms. The van der Waals surface area contributed by atoms with Gasteiger partial charge in [-0.1, -0.05) is 0 Å². The first kappa shape index (κ1) is 19.0. The molecule has 0 saturated carbocycles. The summed E-state index contributed by atoms with van der Waals surface area (Å²) >= 11 is 0.